The fraction of sp³-hybridized carbons (Fsp3) is 0.263. The Hall–Kier alpha value is -2.31. The van der Waals surface area contributed by atoms with Gasteiger partial charge in [0.1, 0.15) is 5.75 Å². The van der Waals surface area contributed by atoms with Crippen LogP contribution in [0.3, 0.4) is 0 Å². The molecule has 0 aromatic heterocycles. The molecule has 0 aliphatic carbocycles. The Morgan fingerprint density at radius 2 is 1.54 bits per heavy atom. The first kappa shape index (κ1) is 20.0. The summed E-state index contributed by atoms with van der Waals surface area (Å²) in [7, 11) is 1.64. The predicted molar refractivity (Wildman–Crippen MR) is 115 cm³/mol. The highest BCUT2D eigenvalue weighted by atomic mass is 35.5. The number of thiocarbonyl (C=S) groups is 1. The quantitative estimate of drug-likeness (QED) is 0.434. The lowest BCUT2D eigenvalue weighted by Gasteiger charge is -2.24. The number of nitrogens with zero attached hydrogens (tertiary/aromatic N) is 2. The second kappa shape index (κ2) is 9.99. The Kier molecular flexibility index (Phi) is 7.69. The van der Waals surface area contributed by atoms with Crippen LogP contribution in [0, 0.1) is 0 Å². The summed E-state index contributed by atoms with van der Waals surface area (Å²) in [6.07, 6.45) is 0. The lowest BCUT2D eigenvalue weighted by Crippen LogP contribution is -2.37. The van der Waals surface area contributed by atoms with Gasteiger partial charge < -0.3 is 20.3 Å². The molecule has 2 N–H and O–H groups in total. The van der Waals surface area contributed by atoms with Gasteiger partial charge in [-0.3, -0.25) is 0 Å². The Morgan fingerprint density at radius 3 is 2.08 bits per heavy atom. The minimum absolute atomic E-state index is 0.374. The van der Waals surface area contributed by atoms with Crippen molar-refractivity contribution < 1.29 is 4.74 Å². The lowest BCUT2D eigenvalue weighted by molar-refractivity contribution is 0.415. The van der Waals surface area contributed by atoms with Gasteiger partial charge in [-0.25, -0.2) is 0 Å². The monoisotopic (exact) mass is 390 g/mol. The number of hydrogen-bond acceptors (Lipinski definition) is 2. The van der Waals surface area contributed by atoms with Gasteiger partial charge in [-0.1, -0.05) is 11.6 Å². The lowest BCUT2D eigenvalue weighted by atomic mass is 10.3. The highest BCUT2D eigenvalue weighted by molar-refractivity contribution is 7.80. The molecule has 0 spiro atoms. The molecule has 0 amide bonds. The fourth-order valence-corrected chi connectivity index (χ4v) is 2.62. The van der Waals surface area contributed by atoms with E-state index in [1.807, 2.05) is 48.5 Å². The summed E-state index contributed by atoms with van der Waals surface area (Å²) in [5.74, 6) is 1.47. The zero-order valence-corrected chi connectivity index (χ0v) is 16.7. The first-order valence-corrected chi connectivity index (χ1v) is 9.15. The minimum Gasteiger partial charge on any atom is -0.497 e. The van der Waals surface area contributed by atoms with Gasteiger partial charge in [0.15, 0.2) is 0 Å². The molecule has 0 heterocycles. The van der Waals surface area contributed by atoms with E-state index in [9.17, 15) is 0 Å². The van der Waals surface area contributed by atoms with E-state index in [4.69, 9.17) is 28.6 Å². The highest BCUT2D eigenvalue weighted by Crippen LogP contribution is 2.16. The van der Waals surface area contributed by atoms with Crippen molar-refractivity contribution in [2.75, 3.05) is 30.8 Å². The van der Waals surface area contributed by atoms with E-state index in [0.717, 1.165) is 30.2 Å². The minimum atomic E-state index is 0.374. The van der Waals surface area contributed by atoms with E-state index < -0.39 is 0 Å². The number of aliphatic imine (C=N–C) groups is 1. The van der Waals surface area contributed by atoms with Gasteiger partial charge in [-0.15, -0.1) is 0 Å². The average Bonchev–Trinajstić information content (AvgIpc) is 2.65. The topological polar surface area (TPSA) is 48.9 Å². The number of rotatable bonds is 5. The Bertz CT molecular complexity index is 743. The van der Waals surface area contributed by atoms with Crippen molar-refractivity contribution in [3.8, 4) is 5.75 Å². The Labute approximate surface area is 165 Å². The van der Waals surface area contributed by atoms with Crippen LogP contribution >= 0.6 is 23.8 Å². The van der Waals surface area contributed by atoms with Crippen LogP contribution in [-0.4, -0.2) is 36.2 Å². The molecule has 2 aromatic carbocycles. The third kappa shape index (κ3) is 5.89. The molecule has 0 fully saturated rings. The maximum atomic E-state index is 5.95. The summed E-state index contributed by atoms with van der Waals surface area (Å²) in [6.45, 7) is 5.76. The van der Waals surface area contributed by atoms with Gasteiger partial charge in [0.05, 0.1) is 7.11 Å². The number of nitrogens with one attached hydrogen (secondary N) is 2. The largest absolute Gasteiger partial charge is 0.497 e. The maximum absolute atomic E-state index is 5.95. The number of anilines is 2. The molecule has 5 nitrogen and oxygen atoms in total. The molecule has 0 aliphatic heterocycles. The van der Waals surface area contributed by atoms with Gasteiger partial charge in [0, 0.05) is 29.5 Å². The summed E-state index contributed by atoms with van der Waals surface area (Å²) in [5.41, 5.74) is 1.75. The van der Waals surface area contributed by atoms with Crippen LogP contribution in [0.25, 0.3) is 0 Å². The van der Waals surface area contributed by atoms with E-state index in [2.05, 4.69) is 34.4 Å². The summed E-state index contributed by atoms with van der Waals surface area (Å²) in [5, 5.41) is 7.50. The van der Waals surface area contributed by atoms with Crippen LogP contribution in [0.15, 0.2) is 53.5 Å². The number of ether oxygens (including phenoxy) is 1. The summed E-state index contributed by atoms with van der Waals surface area (Å²) >= 11 is 11.4. The van der Waals surface area contributed by atoms with Gasteiger partial charge >= 0.3 is 0 Å². The molecule has 0 radical (unpaired) electrons. The van der Waals surface area contributed by atoms with E-state index in [-0.39, 0.29) is 0 Å². The number of guanidine groups is 1. The molecular formula is C19H23ClN4OS. The molecule has 0 atom stereocenters. The number of hydrogen-bond donors (Lipinski definition) is 2. The van der Waals surface area contributed by atoms with Crippen LogP contribution in [0.2, 0.25) is 5.02 Å². The highest BCUT2D eigenvalue weighted by Gasteiger charge is 2.10. The average molecular weight is 391 g/mol. The molecular weight excluding hydrogens is 368 g/mol. The summed E-state index contributed by atoms with van der Waals surface area (Å²) in [6, 6.07) is 15.0. The second-order valence-corrected chi connectivity index (χ2v) is 6.22. The summed E-state index contributed by atoms with van der Waals surface area (Å²) < 4.78 is 5.16. The molecule has 2 rings (SSSR count). The Balaban J connectivity index is 2.16. The first-order valence-electron chi connectivity index (χ1n) is 8.37. The zero-order chi connectivity index (χ0) is 18.9. The van der Waals surface area contributed by atoms with Crippen LogP contribution in [-0.2, 0) is 0 Å². The first-order chi connectivity index (χ1) is 12.5. The maximum Gasteiger partial charge on any atom is 0.205 e. The predicted octanol–water partition coefficient (Wildman–Crippen LogP) is 4.86. The SMILES string of the molecule is CCN(CC)/C(=N/C(=S)Nc1ccc(OC)cc1)Nc1ccc(Cl)cc1. The molecule has 26 heavy (non-hydrogen) atoms. The molecule has 0 saturated carbocycles. The normalized spacial score (nSPS) is 11.0. The van der Waals surface area contributed by atoms with Crippen molar-refractivity contribution in [1.82, 2.24) is 4.90 Å². The van der Waals surface area contributed by atoms with E-state index in [1.54, 1.807) is 7.11 Å². The van der Waals surface area contributed by atoms with Crippen molar-refractivity contribution in [2.24, 2.45) is 4.99 Å². The van der Waals surface area contributed by atoms with Gasteiger partial charge in [0.25, 0.3) is 0 Å². The summed E-state index contributed by atoms with van der Waals surface area (Å²) in [4.78, 5) is 6.66. The van der Waals surface area contributed by atoms with E-state index >= 15 is 0 Å². The molecule has 0 unspecified atom stereocenters. The van der Waals surface area contributed by atoms with Crippen LogP contribution in [0.1, 0.15) is 13.8 Å². The van der Waals surface area contributed by atoms with Crippen LogP contribution in [0.5, 0.6) is 5.75 Å². The van der Waals surface area contributed by atoms with Gasteiger partial charge in [-0.05, 0) is 74.6 Å². The smallest absolute Gasteiger partial charge is 0.205 e. The Morgan fingerprint density at radius 1 is 1.00 bits per heavy atom. The molecule has 0 saturated heterocycles. The molecule has 0 bridgehead atoms. The zero-order valence-electron chi connectivity index (χ0n) is 15.1. The van der Waals surface area contributed by atoms with Crippen LogP contribution in [0.4, 0.5) is 11.4 Å². The number of benzene rings is 2. The molecule has 0 aliphatic rings. The third-order valence-corrected chi connectivity index (χ3v) is 4.16. The van der Waals surface area contributed by atoms with Crippen molar-refractivity contribution in [1.29, 1.82) is 0 Å². The van der Waals surface area contributed by atoms with Crippen molar-refractivity contribution in [3.05, 3.63) is 53.6 Å². The third-order valence-electron chi connectivity index (χ3n) is 3.71. The van der Waals surface area contributed by atoms with Crippen molar-refractivity contribution in [2.45, 2.75) is 13.8 Å². The number of methoxy groups -OCH3 is 1. The number of halogens is 1. The second-order valence-electron chi connectivity index (χ2n) is 5.40. The fourth-order valence-electron chi connectivity index (χ4n) is 2.29. The molecule has 138 valence electrons. The van der Waals surface area contributed by atoms with Crippen molar-refractivity contribution in [3.63, 3.8) is 0 Å². The molecule has 7 heteroatoms. The van der Waals surface area contributed by atoms with Crippen molar-refractivity contribution >= 4 is 46.3 Å². The van der Waals surface area contributed by atoms with E-state index in [0.29, 0.717) is 16.1 Å². The van der Waals surface area contributed by atoms with Gasteiger partial charge in [-0.2, -0.15) is 4.99 Å². The molecule has 2 aromatic rings. The van der Waals surface area contributed by atoms with Gasteiger partial charge in [0.2, 0.25) is 11.1 Å². The van der Waals surface area contributed by atoms with E-state index in [1.165, 1.54) is 0 Å². The standard InChI is InChI=1S/C19H23ClN4OS/c1-4-24(5-2)18(21-15-8-6-14(20)7-9-15)23-19(26)22-16-10-12-17(25-3)13-11-16/h6-13H,4-5H2,1-3H3,(H2,21,22,23,26). The van der Waals surface area contributed by atoms with Crippen LogP contribution < -0.4 is 15.4 Å².